The van der Waals surface area contributed by atoms with Gasteiger partial charge in [-0.25, -0.2) is 4.79 Å². The minimum atomic E-state index is -0.487. The molecule has 1 aliphatic heterocycles. The lowest BCUT2D eigenvalue weighted by molar-refractivity contribution is -0.665. The van der Waals surface area contributed by atoms with Crippen LogP contribution in [-0.2, 0) is 4.74 Å². The van der Waals surface area contributed by atoms with E-state index in [0.717, 1.165) is 25.9 Å². The molecule has 0 saturated carbocycles. The summed E-state index contributed by atoms with van der Waals surface area (Å²) >= 11 is 0. The number of ether oxygens (including phenoxy) is 3. The quantitative estimate of drug-likeness (QED) is 0.840. The van der Waals surface area contributed by atoms with Crippen LogP contribution >= 0.6 is 0 Å². The van der Waals surface area contributed by atoms with Crippen LogP contribution in [0.3, 0.4) is 0 Å². The number of carbonyl (C=O) groups excluding carboxylic acids is 1. The SMILES string of the molecule is COc1ccc(OC)c(C(=O)OC(C)(C)C2CC[NH2+]CC2)c1. The first-order chi connectivity index (χ1) is 10.5. The van der Waals surface area contributed by atoms with Gasteiger partial charge in [0, 0.05) is 18.8 Å². The van der Waals surface area contributed by atoms with Gasteiger partial charge in [-0.15, -0.1) is 0 Å². The van der Waals surface area contributed by atoms with Gasteiger partial charge < -0.3 is 19.5 Å². The van der Waals surface area contributed by atoms with Crippen LogP contribution in [0.25, 0.3) is 0 Å². The van der Waals surface area contributed by atoms with E-state index < -0.39 is 5.60 Å². The minimum Gasteiger partial charge on any atom is -0.497 e. The maximum atomic E-state index is 12.6. The second-order valence-corrected chi connectivity index (χ2v) is 6.20. The molecule has 0 amide bonds. The number of benzene rings is 1. The van der Waals surface area contributed by atoms with Gasteiger partial charge in [-0.2, -0.15) is 0 Å². The fourth-order valence-corrected chi connectivity index (χ4v) is 2.97. The molecule has 22 heavy (non-hydrogen) atoms. The van der Waals surface area contributed by atoms with E-state index in [4.69, 9.17) is 14.2 Å². The van der Waals surface area contributed by atoms with Crippen LogP contribution in [0.2, 0.25) is 0 Å². The molecule has 5 heteroatoms. The molecule has 2 rings (SSSR count). The Kier molecular flexibility index (Phi) is 5.29. The van der Waals surface area contributed by atoms with Crippen LogP contribution in [0.5, 0.6) is 11.5 Å². The van der Waals surface area contributed by atoms with Gasteiger partial charge in [0.25, 0.3) is 0 Å². The van der Waals surface area contributed by atoms with E-state index in [1.807, 2.05) is 13.8 Å². The zero-order valence-corrected chi connectivity index (χ0v) is 13.8. The molecule has 1 aromatic rings. The third-order valence-corrected chi connectivity index (χ3v) is 4.40. The van der Waals surface area contributed by atoms with Crippen LogP contribution in [0.15, 0.2) is 18.2 Å². The second kappa shape index (κ2) is 7.01. The van der Waals surface area contributed by atoms with Gasteiger partial charge in [-0.1, -0.05) is 0 Å². The second-order valence-electron chi connectivity index (χ2n) is 6.20. The van der Waals surface area contributed by atoms with Crippen molar-refractivity contribution in [1.82, 2.24) is 0 Å². The smallest absolute Gasteiger partial charge is 0.342 e. The van der Waals surface area contributed by atoms with Crippen LogP contribution in [0.1, 0.15) is 37.0 Å². The van der Waals surface area contributed by atoms with Gasteiger partial charge in [-0.05, 0) is 32.0 Å². The van der Waals surface area contributed by atoms with Gasteiger partial charge in [0.15, 0.2) is 0 Å². The standard InChI is InChI=1S/C17H25NO4/c1-17(2,12-7-9-18-10-8-12)22-16(19)14-11-13(20-3)5-6-15(14)21-4/h5-6,11-12,18H,7-10H2,1-4H3/p+1. The molecule has 0 spiro atoms. The van der Waals surface area contributed by atoms with Crippen molar-refractivity contribution in [3.8, 4) is 11.5 Å². The Labute approximate surface area is 131 Å². The summed E-state index contributed by atoms with van der Waals surface area (Å²) in [7, 11) is 3.11. The van der Waals surface area contributed by atoms with E-state index in [9.17, 15) is 4.79 Å². The zero-order chi connectivity index (χ0) is 16.2. The highest BCUT2D eigenvalue weighted by Crippen LogP contribution is 2.31. The molecule has 0 radical (unpaired) electrons. The first-order valence-corrected chi connectivity index (χ1v) is 7.75. The molecule has 0 aliphatic carbocycles. The van der Waals surface area contributed by atoms with E-state index in [0.29, 0.717) is 23.0 Å². The monoisotopic (exact) mass is 308 g/mol. The lowest BCUT2D eigenvalue weighted by Gasteiger charge is -2.35. The molecule has 1 saturated heterocycles. The largest absolute Gasteiger partial charge is 0.497 e. The van der Waals surface area contributed by atoms with E-state index in [1.165, 1.54) is 0 Å². The van der Waals surface area contributed by atoms with E-state index in [-0.39, 0.29) is 5.97 Å². The van der Waals surface area contributed by atoms with Crippen molar-refractivity contribution >= 4 is 5.97 Å². The lowest BCUT2D eigenvalue weighted by Crippen LogP contribution is -2.86. The highest BCUT2D eigenvalue weighted by molar-refractivity contribution is 5.93. The average Bonchev–Trinajstić information content (AvgIpc) is 2.54. The third kappa shape index (κ3) is 3.71. The number of hydrogen-bond acceptors (Lipinski definition) is 4. The summed E-state index contributed by atoms with van der Waals surface area (Å²) in [5.41, 5.74) is -0.0864. The van der Waals surface area contributed by atoms with Crippen molar-refractivity contribution in [2.45, 2.75) is 32.3 Å². The first-order valence-electron chi connectivity index (χ1n) is 7.75. The number of hydrogen-bond donors (Lipinski definition) is 1. The van der Waals surface area contributed by atoms with Gasteiger partial charge in [0.1, 0.15) is 22.7 Å². The van der Waals surface area contributed by atoms with E-state index >= 15 is 0 Å². The van der Waals surface area contributed by atoms with Crippen molar-refractivity contribution < 1.29 is 24.3 Å². The summed E-state index contributed by atoms with van der Waals surface area (Å²) < 4.78 is 16.3. The Bertz CT molecular complexity index is 521. The molecule has 1 aromatic carbocycles. The lowest BCUT2D eigenvalue weighted by atomic mass is 9.83. The molecule has 0 unspecified atom stereocenters. The molecule has 0 atom stereocenters. The topological polar surface area (TPSA) is 61.4 Å². The molecule has 1 heterocycles. The van der Waals surface area contributed by atoms with E-state index in [1.54, 1.807) is 32.4 Å². The molecular weight excluding hydrogens is 282 g/mol. The predicted octanol–water partition coefficient (Wildman–Crippen LogP) is 1.61. The van der Waals surface area contributed by atoms with Crippen LogP contribution in [0.4, 0.5) is 0 Å². The zero-order valence-electron chi connectivity index (χ0n) is 13.8. The number of rotatable bonds is 5. The van der Waals surface area contributed by atoms with Crippen LogP contribution < -0.4 is 14.8 Å². The molecule has 122 valence electrons. The number of methoxy groups -OCH3 is 2. The summed E-state index contributed by atoms with van der Waals surface area (Å²) in [5.74, 6) is 1.13. The number of nitrogens with two attached hydrogens (primary N) is 1. The molecule has 2 N–H and O–H groups in total. The number of piperidine rings is 1. The Hall–Kier alpha value is -1.75. The molecule has 0 bridgehead atoms. The molecule has 1 fully saturated rings. The highest BCUT2D eigenvalue weighted by atomic mass is 16.6. The number of esters is 1. The van der Waals surface area contributed by atoms with E-state index in [2.05, 4.69) is 5.32 Å². The number of carbonyl (C=O) groups is 1. The summed E-state index contributed by atoms with van der Waals surface area (Å²) in [6, 6.07) is 5.14. The van der Waals surface area contributed by atoms with Crippen molar-refractivity contribution in [2.24, 2.45) is 5.92 Å². The Morgan fingerprint density at radius 1 is 1.18 bits per heavy atom. The maximum Gasteiger partial charge on any atom is 0.342 e. The summed E-state index contributed by atoms with van der Waals surface area (Å²) in [5, 5.41) is 2.31. The average molecular weight is 308 g/mol. The summed E-state index contributed by atoms with van der Waals surface area (Å²) in [6.07, 6.45) is 2.13. The van der Waals surface area contributed by atoms with Gasteiger partial charge in [-0.3, -0.25) is 0 Å². The fraction of sp³-hybridized carbons (Fsp3) is 0.588. The highest BCUT2D eigenvalue weighted by Gasteiger charge is 2.36. The first kappa shape index (κ1) is 16.6. The number of quaternary nitrogens is 1. The summed E-state index contributed by atoms with van der Waals surface area (Å²) in [6.45, 7) is 6.17. The van der Waals surface area contributed by atoms with Crippen molar-refractivity contribution in [3.05, 3.63) is 23.8 Å². The van der Waals surface area contributed by atoms with Crippen molar-refractivity contribution in [2.75, 3.05) is 27.3 Å². The maximum absolute atomic E-state index is 12.6. The molecule has 5 nitrogen and oxygen atoms in total. The van der Waals surface area contributed by atoms with Crippen molar-refractivity contribution in [3.63, 3.8) is 0 Å². The fourth-order valence-electron chi connectivity index (χ4n) is 2.97. The Morgan fingerprint density at radius 3 is 2.45 bits per heavy atom. The van der Waals surface area contributed by atoms with Gasteiger partial charge in [0.05, 0.1) is 27.3 Å². The minimum absolute atomic E-state index is 0.365. The van der Waals surface area contributed by atoms with Gasteiger partial charge >= 0.3 is 5.97 Å². The van der Waals surface area contributed by atoms with Crippen molar-refractivity contribution in [1.29, 1.82) is 0 Å². The van der Waals surface area contributed by atoms with Gasteiger partial charge in [0.2, 0.25) is 0 Å². The molecule has 0 aromatic heterocycles. The molecule has 1 aliphatic rings. The van der Waals surface area contributed by atoms with Crippen LogP contribution in [-0.4, -0.2) is 38.9 Å². The Morgan fingerprint density at radius 2 is 1.86 bits per heavy atom. The molecular formula is C17H26NO4+. The third-order valence-electron chi connectivity index (χ3n) is 4.40. The summed E-state index contributed by atoms with van der Waals surface area (Å²) in [4.78, 5) is 12.6. The predicted molar refractivity (Wildman–Crippen MR) is 83.4 cm³/mol. The normalized spacial score (nSPS) is 16.2. The Balaban J connectivity index is 2.16. The van der Waals surface area contributed by atoms with Crippen LogP contribution in [0, 0.1) is 5.92 Å².